The molecule has 1 saturated heterocycles. The minimum absolute atomic E-state index is 0.0619. The molecule has 0 spiro atoms. The Labute approximate surface area is 165 Å². The molecule has 1 fully saturated rings. The highest BCUT2D eigenvalue weighted by molar-refractivity contribution is 5.79. The fourth-order valence-electron chi connectivity index (χ4n) is 3.76. The standard InChI is InChI=1S/C23H25N3O2/c1-17-21(18(2)26(24-17)20-11-7-4-8-12-20)15-23(27)25-13-14-28-22(16-25)19-9-5-3-6-10-19/h3-12,22H,13-16H2,1-2H3/t22-/m1/s1. The van der Waals surface area contributed by atoms with Crippen molar-refractivity contribution in [1.82, 2.24) is 14.7 Å². The molecule has 0 saturated carbocycles. The largest absolute Gasteiger partial charge is 0.370 e. The Bertz CT molecular complexity index is 951. The normalized spacial score (nSPS) is 16.9. The van der Waals surface area contributed by atoms with E-state index in [9.17, 15) is 4.79 Å². The second-order valence-corrected chi connectivity index (χ2v) is 7.18. The summed E-state index contributed by atoms with van der Waals surface area (Å²) in [6, 6.07) is 20.1. The van der Waals surface area contributed by atoms with Gasteiger partial charge in [-0.25, -0.2) is 4.68 Å². The van der Waals surface area contributed by atoms with Gasteiger partial charge in [-0.15, -0.1) is 0 Å². The second-order valence-electron chi connectivity index (χ2n) is 7.18. The third kappa shape index (κ3) is 3.71. The summed E-state index contributed by atoms with van der Waals surface area (Å²) in [6.45, 7) is 5.79. The van der Waals surface area contributed by atoms with Crippen molar-refractivity contribution >= 4 is 5.91 Å². The molecule has 5 nitrogen and oxygen atoms in total. The summed E-state index contributed by atoms with van der Waals surface area (Å²) in [5.74, 6) is 0.128. The van der Waals surface area contributed by atoms with E-state index in [1.54, 1.807) is 0 Å². The molecule has 3 aromatic rings. The molecule has 5 heteroatoms. The summed E-state index contributed by atoms with van der Waals surface area (Å²) in [5, 5.41) is 4.66. The van der Waals surface area contributed by atoms with Gasteiger partial charge in [-0.2, -0.15) is 5.10 Å². The van der Waals surface area contributed by atoms with Gasteiger partial charge in [0.2, 0.25) is 5.91 Å². The van der Waals surface area contributed by atoms with Gasteiger partial charge in [0.25, 0.3) is 0 Å². The highest BCUT2D eigenvalue weighted by atomic mass is 16.5. The Morgan fingerprint density at radius 3 is 2.46 bits per heavy atom. The number of amides is 1. The zero-order chi connectivity index (χ0) is 19.5. The van der Waals surface area contributed by atoms with E-state index in [2.05, 4.69) is 17.2 Å². The van der Waals surface area contributed by atoms with Gasteiger partial charge in [-0.1, -0.05) is 48.5 Å². The van der Waals surface area contributed by atoms with Gasteiger partial charge in [0.1, 0.15) is 6.10 Å². The third-order valence-electron chi connectivity index (χ3n) is 5.36. The van der Waals surface area contributed by atoms with Crippen molar-refractivity contribution in [3.63, 3.8) is 0 Å². The van der Waals surface area contributed by atoms with E-state index in [1.807, 2.05) is 72.0 Å². The summed E-state index contributed by atoms with van der Waals surface area (Å²) in [5.41, 5.74) is 5.06. The Kier molecular flexibility index (Phi) is 5.26. The highest BCUT2D eigenvalue weighted by Crippen LogP contribution is 2.24. The van der Waals surface area contributed by atoms with E-state index in [0.717, 1.165) is 28.2 Å². The predicted octanol–water partition coefficient (Wildman–Crippen LogP) is 3.63. The molecular formula is C23H25N3O2. The molecular weight excluding hydrogens is 350 g/mol. The van der Waals surface area contributed by atoms with E-state index >= 15 is 0 Å². The first-order chi connectivity index (χ1) is 13.6. The molecule has 1 aliphatic heterocycles. The molecule has 1 amide bonds. The molecule has 0 radical (unpaired) electrons. The van der Waals surface area contributed by atoms with E-state index < -0.39 is 0 Å². The van der Waals surface area contributed by atoms with E-state index in [0.29, 0.717) is 26.1 Å². The molecule has 28 heavy (non-hydrogen) atoms. The molecule has 2 aromatic carbocycles. The van der Waals surface area contributed by atoms with E-state index in [4.69, 9.17) is 4.74 Å². The average Bonchev–Trinajstić information content (AvgIpc) is 3.03. The maximum Gasteiger partial charge on any atom is 0.227 e. The number of hydrogen-bond acceptors (Lipinski definition) is 3. The molecule has 2 heterocycles. The van der Waals surface area contributed by atoms with Gasteiger partial charge in [-0.05, 0) is 31.5 Å². The smallest absolute Gasteiger partial charge is 0.227 e. The molecule has 1 aromatic heterocycles. The number of carbonyl (C=O) groups is 1. The summed E-state index contributed by atoms with van der Waals surface area (Å²) < 4.78 is 7.81. The number of aryl methyl sites for hydroxylation is 1. The predicted molar refractivity (Wildman–Crippen MR) is 108 cm³/mol. The number of aromatic nitrogens is 2. The number of para-hydroxylation sites is 1. The number of nitrogens with zero attached hydrogens (tertiary/aromatic N) is 3. The highest BCUT2D eigenvalue weighted by Gasteiger charge is 2.26. The minimum Gasteiger partial charge on any atom is -0.370 e. The van der Waals surface area contributed by atoms with Gasteiger partial charge in [0.05, 0.1) is 31.0 Å². The van der Waals surface area contributed by atoms with Crippen LogP contribution in [0.4, 0.5) is 0 Å². The second kappa shape index (κ2) is 7.98. The van der Waals surface area contributed by atoms with Crippen LogP contribution in [0, 0.1) is 13.8 Å². The number of carbonyl (C=O) groups excluding carboxylic acids is 1. The first kappa shape index (κ1) is 18.4. The van der Waals surface area contributed by atoms with Crippen LogP contribution in [0.3, 0.4) is 0 Å². The molecule has 0 aliphatic carbocycles. The van der Waals surface area contributed by atoms with Crippen molar-refractivity contribution in [3.8, 4) is 5.69 Å². The SMILES string of the molecule is Cc1nn(-c2ccccc2)c(C)c1CC(=O)N1CCO[C@@H](c2ccccc2)C1. The fraction of sp³-hybridized carbons (Fsp3) is 0.304. The van der Waals surface area contributed by atoms with Crippen LogP contribution in [-0.2, 0) is 16.0 Å². The molecule has 1 atom stereocenters. The molecule has 0 bridgehead atoms. The van der Waals surface area contributed by atoms with Crippen molar-refractivity contribution in [3.05, 3.63) is 83.2 Å². The number of benzene rings is 2. The van der Waals surface area contributed by atoms with Crippen molar-refractivity contribution in [1.29, 1.82) is 0 Å². The number of morpholine rings is 1. The first-order valence-corrected chi connectivity index (χ1v) is 9.68. The van der Waals surface area contributed by atoms with Gasteiger partial charge in [0, 0.05) is 17.8 Å². The van der Waals surface area contributed by atoms with Crippen LogP contribution < -0.4 is 0 Å². The van der Waals surface area contributed by atoms with Gasteiger partial charge in [0.15, 0.2) is 0 Å². The lowest BCUT2D eigenvalue weighted by atomic mass is 10.1. The minimum atomic E-state index is -0.0619. The van der Waals surface area contributed by atoms with Crippen LogP contribution in [0.15, 0.2) is 60.7 Å². The van der Waals surface area contributed by atoms with Gasteiger partial charge >= 0.3 is 0 Å². The number of rotatable bonds is 4. The zero-order valence-electron chi connectivity index (χ0n) is 16.3. The maximum absolute atomic E-state index is 13.0. The number of ether oxygens (including phenoxy) is 1. The molecule has 4 rings (SSSR count). The van der Waals surface area contributed by atoms with Crippen molar-refractivity contribution in [2.75, 3.05) is 19.7 Å². The fourth-order valence-corrected chi connectivity index (χ4v) is 3.76. The third-order valence-corrected chi connectivity index (χ3v) is 5.36. The van der Waals surface area contributed by atoms with Crippen LogP contribution in [0.1, 0.15) is 28.6 Å². The summed E-state index contributed by atoms with van der Waals surface area (Å²) >= 11 is 0. The first-order valence-electron chi connectivity index (χ1n) is 9.68. The van der Waals surface area contributed by atoms with E-state index in [-0.39, 0.29) is 12.0 Å². The molecule has 0 N–H and O–H groups in total. The van der Waals surface area contributed by atoms with Crippen LogP contribution in [0.2, 0.25) is 0 Å². The Morgan fingerprint density at radius 1 is 1.07 bits per heavy atom. The average molecular weight is 375 g/mol. The summed E-state index contributed by atoms with van der Waals surface area (Å²) in [7, 11) is 0. The number of hydrogen-bond donors (Lipinski definition) is 0. The van der Waals surface area contributed by atoms with Crippen molar-refractivity contribution in [2.24, 2.45) is 0 Å². The Morgan fingerprint density at radius 2 is 1.75 bits per heavy atom. The van der Waals surface area contributed by atoms with E-state index in [1.165, 1.54) is 0 Å². The monoisotopic (exact) mass is 375 g/mol. The lowest BCUT2D eigenvalue weighted by molar-refractivity contribution is -0.138. The van der Waals surface area contributed by atoms with Crippen LogP contribution in [0.5, 0.6) is 0 Å². The Balaban J connectivity index is 1.50. The molecule has 144 valence electrons. The van der Waals surface area contributed by atoms with Crippen molar-refractivity contribution < 1.29 is 9.53 Å². The van der Waals surface area contributed by atoms with Gasteiger partial charge < -0.3 is 9.64 Å². The van der Waals surface area contributed by atoms with Gasteiger partial charge in [-0.3, -0.25) is 4.79 Å². The quantitative estimate of drug-likeness (QED) is 0.700. The zero-order valence-corrected chi connectivity index (χ0v) is 16.3. The topological polar surface area (TPSA) is 47.4 Å². The lowest BCUT2D eigenvalue weighted by Crippen LogP contribution is -2.43. The Hall–Kier alpha value is -2.92. The van der Waals surface area contributed by atoms with Crippen LogP contribution in [-0.4, -0.2) is 40.3 Å². The van der Waals surface area contributed by atoms with Crippen LogP contribution in [0.25, 0.3) is 5.69 Å². The summed E-state index contributed by atoms with van der Waals surface area (Å²) in [4.78, 5) is 14.9. The maximum atomic E-state index is 13.0. The van der Waals surface area contributed by atoms with Crippen LogP contribution >= 0.6 is 0 Å². The lowest BCUT2D eigenvalue weighted by Gasteiger charge is -2.33. The molecule has 0 unspecified atom stereocenters. The molecule has 1 aliphatic rings. The summed E-state index contributed by atoms with van der Waals surface area (Å²) in [6.07, 6.45) is 0.305. The van der Waals surface area contributed by atoms with Crippen molar-refractivity contribution in [2.45, 2.75) is 26.4 Å².